The van der Waals surface area contributed by atoms with Crippen molar-refractivity contribution in [3.05, 3.63) is 119 Å². The maximum atomic E-state index is 15.5. The fourth-order valence-corrected chi connectivity index (χ4v) is 10.2. The average molecular weight is 897 g/mol. The molecule has 3 aromatic carbocycles. The van der Waals surface area contributed by atoms with Crippen molar-refractivity contribution < 1.29 is 67.8 Å². The highest BCUT2D eigenvalue weighted by molar-refractivity contribution is 5.96. The van der Waals surface area contributed by atoms with E-state index in [0.29, 0.717) is 5.56 Å². The lowest BCUT2D eigenvalue weighted by atomic mass is 9.44. The molecule has 1 amide bonds. The Labute approximate surface area is 376 Å². The lowest BCUT2D eigenvalue weighted by Gasteiger charge is -2.67. The van der Waals surface area contributed by atoms with E-state index in [1.807, 2.05) is 0 Å². The molecule has 2 saturated carbocycles. The zero-order valence-corrected chi connectivity index (χ0v) is 37.1. The molecular formula is C49H56N2O14. The van der Waals surface area contributed by atoms with E-state index in [0.717, 1.165) is 13.8 Å². The molecule has 0 spiro atoms. The second kappa shape index (κ2) is 18.2. The van der Waals surface area contributed by atoms with Crippen LogP contribution in [0.25, 0.3) is 0 Å². The van der Waals surface area contributed by atoms with E-state index in [-0.39, 0.29) is 35.3 Å². The van der Waals surface area contributed by atoms with Gasteiger partial charge in [0.1, 0.15) is 23.9 Å². The van der Waals surface area contributed by atoms with Gasteiger partial charge in [-0.2, -0.15) is 0 Å². The van der Waals surface area contributed by atoms with Crippen LogP contribution in [0.15, 0.2) is 102 Å². The van der Waals surface area contributed by atoms with Crippen LogP contribution in [0.4, 0.5) is 0 Å². The maximum absolute atomic E-state index is 15.5. The first-order chi connectivity index (χ1) is 30.8. The van der Waals surface area contributed by atoms with Crippen LogP contribution in [0.5, 0.6) is 0 Å². The number of aliphatic hydroxyl groups excluding tert-OH is 2. The Balaban J connectivity index is 0.00000202. The number of carbonyl (C=O) groups excluding carboxylic acids is 6. The Morgan fingerprint density at radius 2 is 1.40 bits per heavy atom. The number of fused-ring (bicyclic) bond motifs is 5. The van der Waals surface area contributed by atoms with Crippen LogP contribution in [0.1, 0.15) is 86.7 Å². The van der Waals surface area contributed by atoms with Crippen LogP contribution in [0, 0.1) is 16.7 Å². The molecule has 2 saturated heterocycles. The zero-order valence-electron chi connectivity index (χ0n) is 37.1. The van der Waals surface area contributed by atoms with Crippen molar-refractivity contribution in [2.75, 3.05) is 19.7 Å². The predicted molar refractivity (Wildman–Crippen MR) is 231 cm³/mol. The lowest BCUT2D eigenvalue weighted by molar-refractivity contribution is -0.346. The van der Waals surface area contributed by atoms with E-state index in [2.05, 4.69) is 10.6 Å². The number of carbonyl (C=O) groups is 6. The number of Topliss-reactive ketones (excluding diaryl/α,β-unsaturated/α-hetero) is 1. The van der Waals surface area contributed by atoms with Gasteiger partial charge in [-0.15, -0.1) is 0 Å². The number of aliphatic hydroxyl groups is 3. The molecule has 0 aromatic heterocycles. The van der Waals surface area contributed by atoms with Crippen LogP contribution in [-0.2, 0) is 42.9 Å². The van der Waals surface area contributed by atoms with E-state index >= 15 is 4.79 Å². The summed E-state index contributed by atoms with van der Waals surface area (Å²) < 4.78 is 30.3. The van der Waals surface area contributed by atoms with E-state index in [9.17, 15) is 39.3 Å². The SMILES string of the molecule is C1CN1.CC(=O)O[C@H]1C(=O)[C@@]2(C)[C@H]([C@H](OC(=O)c3ccccc3)[C@]3(O)C[C@H](OC(=O)[C@H](O)[C@@H](NC(=O)c4ccccc4)c4ccccc4)C(C)=C1C3(C)C)[C@]1(OC(C)=O)CO[C@@H]1C[C@@H]2O. The van der Waals surface area contributed by atoms with Crippen LogP contribution < -0.4 is 10.6 Å². The number of benzene rings is 3. The van der Waals surface area contributed by atoms with Crippen LogP contribution in [-0.4, -0.2) is 118 Å². The highest BCUT2D eigenvalue weighted by atomic mass is 16.6. The third kappa shape index (κ3) is 8.61. The monoisotopic (exact) mass is 896 g/mol. The normalized spacial score (nSPS) is 31.5. The highest BCUT2D eigenvalue weighted by Crippen LogP contribution is 2.64. The third-order valence-corrected chi connectivity index (χ3v) is 13.7. The average Bonchev–Trinajstić information content (AvgIpc) is 4.17. The number of amides is 1. The quantitative estimate of drug-likeness (QED) is 0.0849. The molecule has 16 heteroatoms. The number of nitrogens with one attached hydrogen (secondary N) is 2. The summed E-state index contributed by atoms with van der Waals surface area (Å²) in [5.74, 6) is -6.84. The minimum absolute atomic E-state index is 0.00289. The number of ether oxygens (including phenoxy) is 5. The van der Waals surface area contributed by atoms with Gasteiger partial charge in [-0.1, -0.05) is 80.6 Å². The van der Waals surface area contributed by atoms with Gasteiger partial charge in [0.05, 0.1) is 35.6 Å². The summed E-state index contributed by atoms with van der Waals surface area (Å²) in [6, 6.07) is 22.9. The van der Waals surface area contributed by atoms with Crippen LogP contribution in [0.2, 0.25) is 0 Å². The molecule has 4 fully saturated rings. The standard InChI is InChI=1S/C47H51NO14.C2H5N/c1-25-31(60-43(56)36(52)35(28-16-10-7-11-17-28)48-41(54)29-18-12-8-13-19-29)23-47(57)40(61-42(55)30-20-14-9-15-21-30)38-45(6,32(51)22-33-46(38,24-58-33)62-27(3)50)39(53)37(59-26(2)49)34(25)44(47,4)5;1-2-3-1/h7-21,31-33,35-38,40,51-52,57H,22-24H2,1-6H3,(H,48,54);3H,1-2H2/t31-,32-,33+,35-,36+,37+,38-,40-,45+,46-,47+;/m0./s1. The smallest absolute Gasteiger partial charge is 0.338 e. The molecule has 16 nitrogen and oxygen atoms in total. The molecule has 11 atom stereocenters. The summed E-state index contributed by atoms with van der Waals surface area (Å²) in [5, 5.41) is 43.2. The van der Waals surface area contributed by atoms with E-state index in [1.54, 1.807) is 92.7 Å². The summed E-state index contributed by atoms with van der Waals surface area (Å²) in [6.45, 7) is 10.5. The first-order valence-corrected chi connectivity index (χ1v) is 21.7. The van der Waals surface area contributed by atoms with Gasteiger partial charge in [-0.3, -0.25) is 19.2 Å². The summed E-state index contributed by atoms with van der Waals surface area (Å²) in [5.41, 5.74) is -7.02. The molecule has 346 valence electrons. The summed E-state index contributed by atoms with van der Waals surface area (Å²) in [4.78, 5) is 83.5. The van der Waals surface area contributed by atoms with Crippen molar-refractivity contribution in [3.63, 3.8) is 0 Å². The predicted octanol–water partition coefficient (Wildman–Crippen LogP) is 3.33. The Hall–Kier alpha value is -5.78. The number of rotatable bonds is 10. The van der Waals surface area contributed by atoms with E-state index in [4.69, 9.17) is 23.7 Å². The summed E-state index contributed by atoms with van der Waals surface area (Å²) in [7, 11) is 0. The number of hydrogen-bond acceptors (Lipinski definition) is 15. The molecule has 5 aliphatic rings. The minimum atomic E-state index is -2.39. The first-order valence-electron chi connectivity index (χ1n) is 21.7. The number of ketones is 1. The van der Waals surface area contributed by atoms with Gasteiger partial charge in [-0.05, 0) is 54.8 Å². The molecule has 65 heavy (non-hydrogen) atoms. The molecular weight excluding hydrogens is 841 g/mol. The topological polar surface area (TPSA) is 243 Å². The number of esters is 4. The van der Waals surface area contributed by atoms with Crippen molar-refractivity contribution in [1.82, 2.24) is 10.6 Å². The molecule has 3 aromatic rings. The molecule has 2 aliphatic heterocycles. The molecule has 3 aliphatic carbocycles. The van der Waals surface area contributed by atoms with Crippen molar-refractivity contribution >= 4 is 35.6 Å². The van der Waals surface area contributed by atoms with Crippen molar-refractivity contribution in [2.24, 2.45) is 16.7 Å². The van der Waals surface area contributed by atoms with Gasteiger partial charge >= 0.3 is 23.9 Å². The first kappa shape index (κ1) is 47.2. The maximum Gasteiger partial charge on any atom is 0.338 e. The molecule has 0 radical (unpaired) electrons. The van der Waals surface area contributed by atoms with Crippen molar-refractivity contribution in [1.29, 1.82) is 0 Å². The van der Waals surface area contributed by atoms with E-state index in [1.165, 1.54) is 39.1 Å². The van der Waals surface area contributed by atoms with Gasteiger partial charge in [0, 0.05) is 50.8 Å². The molecule has 0 unspecified atom stereocenters. The lowest BCUT2D eigenvalue weighted by Crippen LogP contribution is -2.82. The van der Waals surface area contributed by atoms with Gasteiger partial charge in [0.2, 0.25) is 0 Å². The van der Waals surface area contributed by atoms with Crippen LogP contribution in [0.3, 0.4) is 0 Å². The highest BCUT2D eigenvalue weighted by Gasteiger charge is 2.78. The molecule has 8 rings (SSSR count). The second-order valence-corrected chi connectivity index (χ2v) is 18.1. The van der Waals surface area contributed by atoms with Crippen molar-refractivity contribution in [3.8, 4) is 0 Å². The zero-order chi connectivity index (χ0) is 47.1. The van der Waals surface area contributed by atoms with Gasteiger partial charge in [0.25, 0.3) is 5.91 Å². The Morgan fingerprint density at radius 1 is 0.831 bits per heavy atom. The molecule has 2 heterocycles. The second-order valence-electron chi connectivity index (χ2n) is 18.1. The molecule has 5 N–H and O–H groups in total. The molecule has 2 bridgehead atoms. The Kier molecular flexibility index (Phi) is 13.2. The number of hydrogen-bond donors (Lipinski definition) is 5. The minimum Gasteiger partial charge on any atom is -0.456 e. The third-order valence-electron chi connectivity index (χ3n) is 13.7. The van der Waals surface area contributed by atoms with Gasteiger partial charge < -0.3 is 49.6 Å². The largest absolute Gasteiger partial charge is 0.456 e. The Morgan fingerprint density at radius 3 is 1.92 bits per heavy atom. The summed E-state index contributed by atoms with van der Waals surface area (Å²) in [6.07, 6.45) is -10.5. The Bertz CT molecular complexity index is 2330. The van der Waals surface area contributed by atoms with Gasteiger partial charge in [0.15, 0.2) is 23.6 Å². The fourth-order valence-electron chi connectivity index (χ4n) is 10.2. The summed E-state index contributed by atoms with van der Waals surface area (Å²) >= 11 is 0. The van der Waals surface area contributed by atoms with E-state index < -0.39 is 113 Å². The van der Waals surface area contributed by atoms with Gasteiger partial charge in [-0.25, -0.2) is 9.59 Å². The van der Waals surface area contributed by atoms with Crippen molar-refractivity contribution in [2.45, 2.75) is 108 Å². The fraction of sp³-hybridized carbons (Fsp3) is 0.469. The van der Waals surface area contributed by atoms with Crippen LogP contribution >= 0.6 is 0 Å².